The van der Waals surface area contributed by atoms with Crippen LogP contribution in [0.4, 0.5) is 5.82 Å². The number of hydrogen-bond acceptors (Lipinski definition) is 6. The molecule has 0 spiro atoms. The van der Waals surface area contributed by atoms with Gasteiger partial charge in [0.05, 0.1) is 23.9 Å². The number of nitrogens with one attached hydrogen (secondary N) is 1. The Balaban J connectivity index is 1.68. The predicted octanol–water partition coefficient (Wildman–Crippen LogP) is 1.37. The molecule has 8 nitrogen and oxygen atoms in total. The largest absolute Gasteiger partial charge is 0.366 e. The molecule has 0 saturated heterocycles. The number of aromatic amines is 1. The summed E-state index contributed by atoms with van der Waals surface area (Å²) in [4.78, 5) is 37.5. The Kier molecular flexibility index (Phi) is 4.33. The molecule has 0 fully saturated rings. The van der Waals surface area contributed by atoms with Crippen molar-refractivity contribution in [3.05, 3.63) is 75.3 Å². The van der Waals surface area contributed by atoms with E-state index < -0.39 is 5.91 Å². The Morgan fingerprint density at radius 3 is 2.75 bits per heavy atom. The molecule has 4 rings (SSSR count). The minimum Gasteiger partial charge on any atom is -0.366 e. The summed E-state index contributed by atoms with van der Waals surface area (Å²) in [6.45, 7) is 1.04. The average Bonchev–Trinajstić information content (AvgIpc) is 2.73. The Bertz CT molecular complexity index is 1160. The number of pyridine rings is 1. The number of amides is 1. The highest BCUT2D eigenvalue weighted by Crippen LogP contribution is 2.23. The van der Waals surface area contributed by atoms with Gasteiger partial charge in [0, 0.05) is 29.4 Å². The molecule has 3 heterocycles. The number of carbonyl (C=O) groups is 1. The highest BCUT2D eigenvalue weighted by Gasteiger charge is 2.22. The number of primary amides is 1. The summed E-state index contributed by atoms with van der Waals surface area (Å²) >= 11 is 0. The molecular weight excluding hydrogens is 356 g/mol. The molecule has 138 valence electrons. The number of rotatable bonds is 3. The summed E-state index contributed by atoms with van der Waals surface area (Å²) in [5.74, 6) is 0.598. The molecule has 0 aliphatic carbocycles. The Morgan fingerprint density at radius 2 is 2.04 bits per heavy atom. The van der Waals surface area contributed by atoms with E-state index in [0.29, 0.717) is 59.1 Å². The van der Waals surface area contributed by atoms with Crippen molar-refractivity contribution in [3.63, 3.8) is 0 Å². The topological polar surface area (TPSA) is 129 Å². The third-order valence-corrected chi connectivity index (χ3v) is 4.71. The van der Waals surface area contributed by atoms with Gasteiger partial charge in [0.25, 0.3) is 5.56 Å². The van der Waals surface area contributed by atoms with Crippen LogP contribution in [-0.2, 0) is 13.0 Å². The lowest BCUT2D eigenvalue weighted by molar-refractivity contribution is 0.100. The number of fused-ring (bicyclic) bond motifs is 1. The van der Waals surface area contributed by atoms with E-state index in [1.807, 2.05) is 4.90 Å². The molecule has 1 amide bonds. The number of carbonyl (C=O) groups excluding carboxylic acids is 1. The van der Waals surface area contributed by atoms with Crippen molar-refractivity contribution in [2.45, 2.75) is 13.0 Å². The number of aromatic nitrogens is 3. The third kappa shape index (κ3) is 3.21. The van der Waals surface area contributed by atoms with Gasteiger partial charge in [0.1, 0.15) is 11.6 Å². The zero-order valence-corrected chi connectivity index (χ0v) is 14.8. The summed E-state index contributed by atoms with van der Waals surface area (Å²) < 4.78 is 0. The van der Waals surface area contributed by atoms with Gasteiger partial charge in [0.2, 0.25) is 5.91 Å². The lowest BCUT2D eigenvalue weighted by Crippen LogP contribution is -2.35. The maximum absolute atomic E-state index is 12.5. The van der Waals surface area contributed by atoms with E-state index in [1.165, 1.54) is 0 Å². The van der Waals surface area contributed by atoms with Crippen LogP contribution in [0.3, 0.4) is 0 Å². The van der Waals surface area contributed by atoms with Crippen molar-refractivity contribution < 1.29 is 4.79 Å². The van der Waals surface area contributed by atoms with Crippen molar-refractivity contribution >= 4 is 11.7 Å². The number of anilines is 1. The van der Waals surface area contributed by atoms with Gasteiger partial charge in [-0.05, 0) is 30.7 Å². The first-order valence-electron chi connectivity index (χ1n) is 8.68. The summed E-state index contributed by atoms with van der Waals surface area (Å²) in [5, 5.41) is 9.09. The maximum Gasteiger partial charge on any atom is 0.254 e. The zero-order chi connectivity index (χ0) is 19.7. The number of nitriles is 1. The highest BCUT2D eigenvalue weighted by atomic mass is 16.1. The monoisotopic (exact) mass is 372 g/mol. The molecule has 1 aromatic carbocycles. The molecule has 1 aliphatic rings. The van der Waals surface area contributed by atoms with E-state index in [2.05, 4.69) is 21.0 Å². The van der Waals surface area contributed by atoms with E-state index in [1.54, 1.807) is 42.6 Å². The van der Waals surface area contributed by atoms with Crippen LogP contribution in [0.25, 0.3) is 11.4 Å². The summed E-state index contributed by atoms with van der Waals surface area (Å²) in [6.07, 6.45) is 2.14. The van der Waals surface area contributed by atoms with Crippen molar-refractivity contribution in [2.24, 2.45) is 5.73 Å². The molecule has 3 aromatic rings. The normalized spacial score (nSPS) is 12.9. The third-order valence-electron chi connectivity index (χ3n) is 4.71. The lowest BCUT2D eigenvalue weighted by Gasteiger charge is -2.28. The molecule has 0 saturated carbocycles. The van der Waals surface area contributed by atoms with Gasteiger partial charge in [-0.1, -0.05) is 12.1 Å². The fourth-order valence-electron chi connectivity index (χ4n) is 3.23. The van der Waals surface area contributed by atoms with Gasteiger partial charge in [-0.25, -0.2) is 9.97 Å². The van der Waals surface area contributed by atoms with Gasteiger partial charge in [0.15, 0.2) is 0 Å². The fourth-order valence-corrected chi connectivity index (χ4v) is 3.23. The van der Waals surface area contributed by atoms with Gasteiger partial charge < -0.3 is 15.6 Å². The first kappa shape index (κ1) is 17.4. The van der Waals surface area contributed by atoms with Crippen LogP contribution in [0.5, 0.6) is 0 Å². The second kappa shape index (κ2) is 6.96. The van der Waals surface area contributed by atoms with Gasteiger partial charge >= 0.3 is 0 Å². The second-order valence-corrected chi connectivity index (χ2v) is 6.47. The number of nitrogens with two attached hydrogens (primary N) is 1. The number of nitrogens with zero attached hydrogens (tertiary/aromatic N) is 4. The molecule has 0 bridgehead atoms. The number of benzene rings is 1. The van der Waals surface area contributed by atoms with E-state index >= 15 is 0 Å². The SMILES string of the molecule is N#Cc1ccnc(N2CCc3c(nc(-c4ccc(C(N)=O)cc4)[nH]c3=O)C2)c1. The molecule has 0 atom stereocenters. The average molecular weight is 372 g/mol. The summed E-state index contributed by atoms with van der Waals surface area (Å²) in [7, 11) is 0. The second-order valence-electron chi connectivity index (χ2n) is 6.47. The molecule has 2 aromatic heterocycles. The Labute approximate surface area is 160 Å². The highest BCUT2D eigenvalue weighted by molar-refractivity contribution is 5.93. The van der Waals surface area contributed by atoms with Crippen LogP contribution in [0.15, 0.2) is 47.4 Å². The van der Waals surface area contributed by atoms with Crippen LogP contribution >= 0.6 is 0 Å². The van der Waals surface area contributed by atoms with Gasteiger partial charge in [-0.2, -0.15) is 5.26 Å². The quantitative estimate of drug-likeness (QED) is 0.714. The zero-order valence-electron chi connectivity index (χ0n) is 14.8. The smallest absolute Gasteiger partial charge is 0.254 e. The lowest BCUT2D eigenvalue weighted by atomic mass is 10.1. The van der Waals surface area contributed by atoms with Crippen LogP contribution in [0, 0.1) is 11.3 Å². The summed E-state index contributed by atoms with van der Waals surface area (Å²) in [6, 6.07) is 12.1. The first-order valence-corrected chi connectivity index (χ1v) is 8.68. The minimum absolute atomic E-state index is 0.169. The Hall–Kier alpha value is -3.99. The molecule has 1 aliphatic heterocycles. The van der Waals surface area contributed by atoms with Crippen molar-refractivity contribution in [1.82, 2.24) is 15.0 Å². The van der Waals surface area contributed by atoms with Crippen molar-refractivity contribution in [2.75, 3.05) is 11.4 Å². The van der Waals surface area contributed by atoms with Crippen LogP contribution in [-0.4, -0.2) is 27.4 Å². The van der Waals surface area contributed by atoms with Crippen LogP contribution in [0.2, 0.25) is 0 Å². The van der Waals surface area contributed by atoms with Crippen LogP contribution < -0.4 is 16.2 Å². The summed E-state index contributed by atoms with van der Waals surface area (Å²) in [5.41, 5.74) is 8.03. The van der Waals surface area contributed by atoms with Crippen LogP contribution in [0.1, 0.15) is 27.2 Å². The maximum atomic E-state index is 12.5. The van der Waals surface area contributed by atoms with E-state index in [9.17, 15) is 9.59 Å². The number of H-pyrrole nitrogens is 1. The van der Waals surface area contributed by atoms with E-state index in [4.69, 9.17) is 11.0 Å². The standard InChI is InChI=1S/C20H16N6O2/c21-10-12-5-7-23-17(9-12)26-8-6-15-16(11-26)24-19(25-20(15)28)14-3-1-13(2-4-14)18(22)27/h1-5,7,9H,6,8,11H2,(H2,22,27)(H,24,25,28). The number of hydrogen-bond donors (Lipinski definition) is 2. The van der Waals surface area contributed by atoms with Crippen molar-refractivity contribution in [3.8, 4) is 17.5 Å². The Morgan fingerprint density at radius 1 is 1.25 bits per heavy atom. The predicted molar refractivity (Wildman–Crippen MR) is 103 cm³/mol. The fraction of sp³-hybridized carbons (Fsp3) is 0.150. The molecule has 0 unspecified atom stereocenters. The molecular formula is C20H16N6O2. The molecule has 0 radical (unpaired) electrons. The van der Waals surface area contributed by atoms with Crippen molar-refractivity contribution in [1.29, 1.82) is 5.26 Å². The van der Waals surface area contributed by atoms with Gasteiger partial charge in [-0.3, -0.25) is 9.59 Å². The van der Waals surface area contributed by atoms with E-state index in [-0.39, 0.29) is 5.56 Å². The molecule has 28 heavy (non-hydrogen) atoms. The molecule has 3 N–H and O–H groups in total. The van der Waals surface area contributed by atoms with E-state index in [0.717, 1.165) is 0 Å². The first-order chi connectivity index (χ1) is 13.5. The molecule has 8 heteroatoms. The minimum atomic E-state index is -0.513. The van der Waals surface area contributed by atoms with Gasteiger partial charge in [-0.15, -0.1) is 0 Å².